The lowest BCUT2D eigenvalue weighted by atomic mass is 9.98. The molecular formula is C24H17ClF2N4O2. The predicted molar refractivity (Wildman–Crippen MR) is 121 cm³/mol. The quantitative estimate of drug-likeness (QED) is 0.370. The lowest BCUT2D eigenvalue weighted by Crippen LogP contribution is -2.07. The number of ketones is 2. The van der Waals surface area contributed by atoms with E-state index in [0.717, 1.165) is 17.7 Å². The molecule has 1 heterocycles. The van der Waals surface area contributed by atoms with Gasteiger partial charge < -0.3 is 5.32 Å². The van der Waals surface area contributed by atoms with Crippen LogP contribution in [0, 0.1) is 18.6 Å². The van der Waals surface area contributed by atoms with Gasteiger partial charge in [0.05, 0.1) is 22.6 Å². The molecule has 0 aliphatic rings. The average Bonchev–Trinajstić information content (AvgIpc) is 3.26. The van der Waals surface area contributed by atoms with Crippen LogP contribution in [0.2, 0.25) is 5.02 Å². The summed E-state index contributed by atoms with van der Waals surface area (Å²) in [6.45, 7) is 3.18. The molecule has 0 fully saturated rings. The number of hydrogen-bond acceptors (Lipinski definition) is 5. The van der Waals surface area contributed by atoms with Crippen molar-refractivity contribution in [1.29, 1.82) is 0 Å². The Morgan fingerprint density at radius 3 is 2.45 bits per heavy atom. The minimum absolute atomic E-state index is 0.0767. The Hall–Kier alpha value is -3.91. The molecule has 33 heavy (non-hydrogen) atoms. The van der Waals surface area contributed by atoms with Crippen molar-refractivity contribution >= 4 is 34.5 Å². The van der Waals surface area contributed by atoms with Crippen molar-refractivity contribution < 1.29 is 18.4 Å². The molecule has 4 rings (SSSR count). The van der Waals surface area contributed by atoms with Crippen LogP contribution in [0.3, 0.4) is 0 Å². The highest BCUT2D eigenvalue weighted by Gasteiger charge is 2.18. The van der Waals surface area contributed by atoms with Crippen LogP contribution in [0.1, 0.15) is 38.9 Å². The number of anilines is 2. The molecule has 0 aliphatic heterocycles. The number of halogens is 3. The van der Waals surface area contributed by atoms with E-state index in [-0.39, 0.29) is 33.5 Å². The van der Waals surface area contributed by atoms with Crippen LogP contribution in [0.4, 0.5) is 20.2 Å². The molecule has 1 aromatic heterocycles. The fourth-order valence-electron chi connectivity index (χ4n) is 3.22. The van der Waals surface area contributed by atoms with Crippen LogP contribution >= 0.6 is 11.6 Å². The predicted octanol–water partition coefficient (Wildman–Crippen LogP) is 5.68. The Kier molecular flexibility index (Phi) is 6.02. The Morgan fingerprint density at radius 1 is 1.00 bits per heavy atom. The summed E-state index contributed by atoms with van der Waals surface area (Å²) in [4.78, 5) is 24.7. The molecule has 0 unspecified atom stereocenters. The highest BCUT2D eigenvalue weighted by molar-refractivity contribution is 6.35. The summed E-state index contributed by atoms with van der Waals surface area (Å²) in [5, 5.41) is 10.7. The third-order valence-corrected chi connectivity index (χ3v) is 5.32. The summed E-state index contributed by atoms with van der Waals surface area (Å²) in [5.41, 5.74) is 2.67. The maximum Gasteiger partial charge on any atom is 0.194 e. The molecule has 4 aromatic rings. The van der Waals surface area contributed by atoms with Gasteiger partial charge in [-0.25, -0.2) is 13.5 Å². The normalized spacial score (nSPS) is 10.8. The number of aromatic nitrogens is 3. The van der Waals surface area contributed by atoms with Gasteiger partial charge in [0.15, 0.2) is 11.6 Å². The molecule has 166 valence electrons. The lowest BCUT2D eigenvalue weighted by Gasteiger charge is -2.12. The van der Waals surface area contributed by atoms with E-state index in [4.69, 9.17) is 11.6 Å². The highest BCUT2D eigenvalue weighted by Crippen LogP contribution is 2.28. The van der Waals surface area contributed by atoms with Gasteiger partial charge in [-0.05, 0) is 55.0 Å². The van der Waals surface area contributed by atoms with Gasteiger partial charge in [0.2, 0.25) is 0 Å². The number of benzene rings is 3. The van der Waals surface area contributed by atoms with Crippen LogP contribution in [0.25, 0.3) is 5.69 Å². The Labute approximate surface area is 192 Å². The largest absolute Gasteiger partial charge is 0.353 e. The van der Waals surface area contributed by atoms with Gasteiger partial charge in [0, 0.05) is 29.8 Å². The number of nitrogens with zero attached hydrogens (tertiary/aromatic N) is 3. The monoisotopic (exact) mass is 466 g/mol. The van der Waals surface area contributed by atoms with E-state index in [1.165, 1.54) is 36.0 Å². The second kappa shape index (κ2) is 8.91. The maximum atomic E-state index is 13.9. The first-order valence-electron chi connectivity index (χ1n) is 9.83. The van der Waals surface area contributed by atoms with E-state index in [9.17, 15) is 18.4 Å². The van der Waals surface area contributed by atoms with Crippen molar-refractivity contribution in [2.24, 2.45) is 0 Å². The molecule has 1 N–H and O–H groups in total. The summed E-state index contributed by atoms with van der Waals surface area (Å²) in [5.74, 6) is -1.96. The van der Waals surface area contributed by atoms with Crippen LogP contribution in [-0.4, -0.2) is 26.6 Å². The van der Waals surface area contributed by atoms with Gasteiger partial charge in [-0.1, -0.05) is 22.9 Å². The SMILES string of the molecule is CC(=O)c1cn(-c2ccc(C)c(C(=O)c3ccc(Nc4ccc(F)cc4F)cc3Cl)c2)nn1. The minimum Gasteiger partial charge on any atom is -0.353 e. The zero-order chi connectivity index (χ0) is 23.7. The molecule has 6 nitrogen and oxygen atoms in total. The lowest BCUT2D eigenvalue weighted by molar-refractivity contribution is 0.101. The number of hydrogen-bond donors (Lipinski definition) is 1. The van der Waals surface area contributed by atoms with E-state index < -0.39 is 11.6 Å². The zero-order valence-electron chi connectivity index (χ0n) is 17.6. The molecule has 0 bridgehead atoms. The van der Waals surface area contributed by atoms with E-state index in [1.807, 2.05) is 0 Å². The number of rotatable bonds is 6. The van der Waals surface area contributed by atoms with Crippen molar-refractivity contribution in [1.82, 2.24) is 15.0 Å². The van der Waals surface area contributed by atoms with Gasteiger partial charge in [-0.15, -0.1) is 5.10 Å². The van der Waals surface area contributed by atoms with E-state index in [0.29, 0.717) is 16.9 Å². The highest BCUT2D eigenvalue weighted by atomic mass is 35.5. The van der Waals surface area contributed by atoms with E-state index in [2.05, 4.69) is 15.6 Å². The fraction of sp³-hybridized carbons (Fsp3) is 0.0833. The van der Waals surface area contributed by atoms with Crippen molar-refractivity contribution in [2.75, 3.05) is 5.32 Å². The number of carbonyl (C=O) groups is 2. The van der Waals surface area contributed by atoms with Crippen molar-refractivity contribution in [3.8, 4) is 5.69 Å². The minimum atomic E-state index is -0.750. The summed E-state index contributed by atoms with van der Waals surface area (Å²) in [7, 11) is 0. The summed E-state index contributed by atoms with van der Waals surface area (Å²) in [6, 6.07) is 13.0. The summed E-state index contributed by atoms with van der Waals surface area (Å²) in [6.07, 6.45) is 1.49. The smallest absolute Gasteiger partial charge is 0.194 e. The van der Waals surface area contributed by atoms with Crippen LogP contribution < -0.4 is 5.32 Å². The molecule has 0 aliphatic carbocycles. The first-order valence-corrected chi connectivity index (χ1v) is 10.2. The fourth-order valence-corrected chi connectivity index (χ4v) is 3.48. The third kappa shape index (κ3) is 4.65. The number of Topliss-reactive ketones (excluding diaryl/α,β-unsaturated/α-hetero) is 1. The van der Waals surface area contributed by atoms with E-state index in [1.54, 1.807) is 31.2 Å². The first kappa shape index (κ1) is 22.3. The maximum absolute atomic E-state index is 13.9. The van der Waals surface area contributed by atoms with Gasteiger partial charge in [-0.3, -0.25) is 9.59 Å². The Morgan fingerprint density at radius 2 is 1.79 bits per heavy atom. The molecule has 0 amide bonds. The molecular weight excluding hydrogens is 450 g/mol. The average molecular weight is 467 g/mol. The molecule has 9 heteroatoms. The standard InChI is InChI=1S/C24H17ClF2N4O2/c1-13-3-6-17(31-12-23(14(2)32)29-30-31)11-19(13)24(33)18-7-5-16(10-20(18)25)28-22-8-4-15(26)9-21(22)27/h3-12,28H,1-2H3. The van der Waals surface area contributed by atoms with Crippen LogP contribution in [0.5, 0.6) is 0 Å². The molecule has 0 atom stereocenters. The second-order valence-corrected chi connectivity index (χ2v) is 7.78. The van der Waals surface area contributed by atoms with Gasteiger partial charge in [0.1, 0.15) is 17.3 Å². The molecule has 3 aromatic carbocycles. The van der Waals surface area contributed by atoms with Crippen molar-refractivity contribution in [3.63, 3.8) is 0 Å². The summed E-state index contributed by atoms with van der Waals surface area (Å²) < 4.78 is 28.4. The second-order valence-electron chi connectivity index (χ2n) is 7.38. The molecule has 0 spiro atoms. The molecule has 0 radical (unpaired) electrons. The third-order valence-electron chi connectivity index (χ3n) is 5.01. The number of carbonyl (C=O) groups excluding carboxylic acids is 2. The van der Waals surface area contributed by atoms with Gasteiger partial charge in [0.25, 0.3) is 0 Å². The number of nitrogens with one attached hydrogen (secondary N) is 1. The van der Waals surface area contributed by atoms with Gasteiger partial charge >= 0.3 is 0 Å². The van der Waals surface area contributed by atoms with Crippen LogP contribution in [0.15, 0.2) is 60.8 Å². The molecule has 0 saturated heterocycles. The Balaban J connectivity index is 1.63. The topological polar surface area (TPSA) is 76.9 Å². The zero-order valence-corrected chi connectivity index (χ0v) is 18.3. The van der Waals surface area contributed by atoms with E-state index >= 15 is 0 Å². The van der Waals surface area contributed by atoms with Crippen molar-refractivity contribution in [2.45, 2.75) is 13.8 Å². The van der Waals surface area contributed by atoms with Gasteiger partial charge in [-0.2, -0.15) is 0 Å². The van der Waals surface area contributed by atoms with Crippen LogP contribution in [-0.2, 0) is 0 Å². The number of aryl methyl sites for hydroxylation is 1. The summed E-state index contributed by atoms with van der Waals surface area (Å²) >= 11 is 6.37. The Bertz CT molecular complexity index is 1400. The van der Waals surface area contributed by atoms with Crippen molar-refractivity contribution in [3.05, 3.63) is 99.8 Å². The first-order chi connectivity index (χ1) is 15.7. The molecule has 0 saturated carbocycles.